The Balaban J connectivity index is 1.78. The molecule has 0 spiro atoms. The fraction of sp³-hybridized carbons (Fsp3) is 0.778. The first-order chi connectivity index (χ1) is 6.34. The van der Waals surface area contributed by atoms with Gasteiger partial charge in [-0.05, 0) is 25.7 Å². The highest BCUT2D eigenvalue weighted by Gasteiger charge is 2.15. The van der Waals surface area contributed by atoms with E-state index >= 15 is 0 Å². The Hall–Kier alpha value is -1.06. The predicted octanol–water partition coefficient (Wildman–Crippen LogP) is 1.98. The van der Waals surface area contributed by atoms with E-state index in [4.69, 9.17) is 4.52 Å². The van der Waals surface area contributed by atoms with Crippen LogP contribution in [0.2, 0.25) is 0 Å². The third-order valence-corrected chi connectivity index (χ3v) is 2.54. The van der Waals surface area contributed by atoms with Crippen LogP contribution in [0.5, 0.6) is 0 Å². The van der Waals surface area contributed by atoms with Crippen molar-refractivity contribution < 1.29 is 4.52 Å². The number of nitrogens with one attached hydrogen (secondary N) is 1. The minimum Gasteiger partial charge on any atom is -0.337 e. The molecule has 0 saturated heterocycles. The zero-order valence-corrected chi connectivity index (χ0v) is 7.92. The third kappa shape index (κ3) is 2.20. The SMILES string of the molecule is Cc1noc(NCC2CCCC2)n1. The summed E-state index contributed by atoms with van der Waals surface area (Å²) in [7, 11) is 0. The van der Waals surface area contributed by atoms with Crippen LogP contribution in [0.3, 0.4) is 0 Å². The van der Waals surface area contributed by atoms with E-state index in [-0.39, 0.29) is 0 Å². The average Bonchev–Trinajstić information content (AvgIpc) is 2.71. The van der Waals surface area contributed by atoms with E-state index in [1.54, 1.807) is 0 Å². The second-order valence-corrected chi connectivity index (χ2v) is 3.68. The summed E-state index contributed by atoms with van der Waals surface area (Å²) in [6.07, 6.45) is 5.41. The maximum atomic E-state index is 4.95. The van der Waals surface area contributed by atoms with Gasteiger partial charge >= 0.3 is 6.01 Å². The molecule has 1 saturated carbocycles. The summed E-state index contributed by atoms with van der Waals surface area (Å²) in [6.45, 7) is 2.80. The lowest BCUT2D eigenvalue weighted by atomic mass is 10.1. The van der Waals surface area contributed by atoms with Crippen molar-refractivity contribution in [2.45, 2.75) is 32.6 Å². The lowest BCUT2D eigenvalue weighted by molar-refractivity contribution is 0.421. The largest absolute Gasteiger partial charge is 0.337 e. The van der Waals surface area contributed by atoms with E-state index in [2.05, 4.69) is 15.5 Å². The molecule has 72 valence electrons. The van der Waals surface area contributed by atoms with Crippen molar-refractivity contribution in [3.8, 4) is 0 Å². The van der Waals surface area contributed by atoms with Gasteiger partial charge < -0.3 is 9.84 Å². The highest BCUT2D eigenvalue weighted by Crippen LogP contribution is 2.24. The first kappa shape index (κ1) is 8.53. The van der Waals surface area contributed by atoms with Crippen LogP contribution in [0.4, 0.5) is 6.01 Å². The van der Waals surface area contributed by atoms with Gasteiger partial charge in [0.25, 0.3) is 0 Å². The first-order valence-electron chi connectivity index (χ1n) is 4.89. The van der Waals surface area contributed by atoms with Crippen LogP contribution in [0.15, 0.2) is 4.52 Å². The monoisotopic (exact) mass is 181 g/mol. The second-order valence-electron chi connectivity index (χ2n) is 3.68. The third-order valence-electron chi connectivity index (χ3n) is 2.54. The van der Waals surface area contributed by atoms with Crippen molar-refractivity contribution in [3.63, 3.8) is 0 Å². The summed E-state index contributed by atoms with van der Waals surface area (Å²) in [5.41, 5.74) is 0. The van der Waals surface area contributed by atoms with Gasteiger partial charge in [-0.15, -0.1) is 0 Å². The van der Waals surface area contributed by atoms with Crippen molar-refractivity contribution in [1.82, 2.24) is 10.1 Å². The van der Waals surface area contributed by atoms with Gasteiger partial charge in [0, 0.05) is 6.54 Å². The highest BCUT2D eigenvalue weighted by molar-refractivity contribution is 5.17. The molecule has 0 unspecified atom stereocenters. The molecular weight excluding hydrogens is 166 g/mol. The summed E-state index contributed by atoms with van der Waals surface area (Å²) in [5.74, 6) is 1.49. The standard InChI is InChI=1S/C9H15N3O/c1-7-11-9(13-12-7)10-6-8-4-2-3-5-8/h8H,2-6H2,1H3,(H,10,11,12). The fourth-order valence-electron chi connectivity index (χ4n) is 1.82. The van der Waals surface area contributed by atoms with E-state index < -0.39 is 0 Å². The number of hydrogen-bond acceptors (Lipinski definition) is 4. The number of aromatic nitrogens is 2. The number of nitrogens with zero attached hydrogens (tertiary/aromatic N) is 2. The predicted molar refractivity (Wildman–Crippen MR) is 49.5 cm³/mol. The zero-order chi connectivity index (χ0) is 9.10. The van der Waals surface area contributed by atoms with Crippen LogP contribution in [0, 0.1) is 12.8 Å². The maximum absolute atomic E-state index is 4.95. The molecule has 1 fully saturated rings. The minimum atomic E-state index is 0.560. The van der Waals surface area contributed by atoms with E-state index in [1.807, 2.05) is 6.92 Å². The minimum absolute atomic E-state index is 0.560. The van der Waals surface area contributed by atoms with E-state index in [0.717, 1.165) is 12.5 Å². The van der Waals surface area contributed by atoms with Crippen molar-refractivity contribution in [1.29, 1.82) is 0 Å². The molecular formula is C9H15N3O. The van der Waals surface area contributed by atoms with Gasteiger partial charge in [0.2, 0.25) is 0 Å². The Morgan fingerprint density at radius 2 is 2.23 bits per heavy atom. The van der Waals surface area contributed by atoms with Crippen LogP contribution in [0.25, 0.3) is 0 Å². The van der Waals surface area contributed by atoms with Gasteiger partial charge in [-0.2, -0.15) is 4.98 Å². The van der Waals surface area contributed by atoms with Crippen LogP contribution >= 0.6 is 0 Å². The molecule has 4 heteroatoms. The summed E-state index contributed by atoms with van der Waals surface area (Å²) in [6, 6.07) is 0.560. The van der Waals surface area contributed by atoms with Crippen molar-refractivity contribution in [3.05, 3.63) is 5.82 Å². The Bertz CT molecular complexity index is 266. The first-order valence-corrected chi connectivity index (χ1v) is 4.89. The lowest BCUT2D eigenvalue weighted by Gasteiger charge is -2.07. The molecule has 0 atom stereocenters. The van der Waals surface area contributed by atoms with Gasteiger partial charge in [0.15, 0.2) is 5.82 Å². The number of rotatable bonds is 3. The van der Waals surface area contributed by atoms with Crippen molar-refractivity contribution in [2.24, 2.45) is 5.92 Å². The number of anilines is 1. The number of hydrogen-bond donors (Lipinski definition) is 1. The van der Waals surface area contributed by atoms with Crippen molar-refractivity contribution in [2.75, 3.05) is 11.9 Å². The maximum Gasteiger partial charge on any atom is 0.321 e. The normalized spacial score (nSPS) is 17.9. The molecule has 1 aliphatic carbocycles. The topological polar surface area (TPSA) is 51.0 Å². The van der Waals surface area contributed by atoms with Gasteiger partial charge in [0.05, 0.1) is 0 Å². The van der Waals surface area contributed by atoms with Crippen LogP contribution < -0.4 is 5.32 Å². The van der Waals surface area contributed by atoms with Gasteiger partial charge in [-0.3, -0.25) is 0 Å². The average molecular weight is 181 g/mol. The van der Waals surface area contributed by atoms with Gasteiger partial charge in [0.1, 0.15) is 0 Å². The quantitative estimate of drug-likeness (QED) is 0.774. The molecule has 0 bridgehead atoms. The molecule has 2 rings (SSSR count). The molecule has 13 heavy (non-hydrogen) atoms. The molecule has 1 N–H and O–H groups in total. The van der Waals surface area contributed by atoms with Crippen LogP contribution in [-0.4, -0.2) is 16.7 Å². The van der Waals surface area contributed by atoms with E-state index in [1.165, 1.54) is 25.7 Å². The molecule has 0 aliphatic heterocycles. The molecule has 0 radical (unpaired) electrons. The highest BCUT2D eigenvalue weighted by atomic mass is 16.5. The molecule has 0 aromatic carbocycles. The Morgan fingerprint density at radius 1 is 1.46 bits per heavy atom. The summed E-state index contributed by atoms with van der Waals surface area (Å²) < 4.78 is 4.95. The molecule has 1 aliphatic rings. The second kappa shape index (κ2) is 3.77. The Kier molecular flexibility index (Phi) is 2.47. The van der Waals surface area contributed by atoms with E-state index in [0.29, 0.717) is 11.8 Å². The molecule has 1 aromatic rings. The van der Waals surface area contributed by atoms with Gasteiger partial charge in [-0.1, -0.05) is 18.0 Å². The molecule has 0 amide bonds. The molecule has 1 aromatic heterocycles. The smallest absolute Gasteiger partial charge is 0.321 e. The lowest BCUT2D eigenvalue weighted by Crippen LogP contribution is -2.10. The summed E-state index contributed by atoms with van der Waals surface area (Å²) >= 11 is 0. The van der Waals surface area contributed by atoms with Crippen molar-refractivity contribution >= 4 is 6.01 Å². The van der Waals surface area contributed by atoms with Crippen LogP contribution in [-0.2, 0) is 0 Å². The summed E-state index contributed by atoms with van der Waals surface area (Å²) in [5, 5.41) is 6.88. The van der Waals surface area contributed by atoms with E-state index in [9.17, 15) is 0 Å². The van der Waals surface area contributed by atoms with Gasteiger partial charge in [-0.25, -0.2) is 0 Å². The zero-order valence-electron chi connectivity index (χ0n) is 7.92. The Labute approximate surface area is 77.7 Å². The number of aryl methyl sites for hydroxylation is 1. The Morgan fingerprint density at radius 3 is 2.85 bits per heavy atom. The summed E-state index contributed by atoms with van der Waals surface area (Å²) in [4.78, 5) is 4.08. The molecule has 1 heterocycles. The van der Waals surface area contributed by atoms with Crippen LogP contribution in [0.1, 0.15) is 31.5 Å². The molecule has 4 nitrogen and oxygen atoms in total. The fourth-order valence-corrected chi connectivity index (χ4v) is 1.82.